The number of carboxylic acid groups (broad SMARTS) is 1. The topological polar surface area (TPSA) is 66.8 Å². The highest BCUT2D eigenvalue weighted by molar-refractivity contribution is 6.32. The van der Waals surface area contributed by atoms with E-state index in [9.17, 15) is 9.90 Å². The first kappa shape index (κ1) is 11.2. The molecule has 0 aliphatic carbocycles. The van der Waals surface area contributed by atoms with E-state index in [1.54, 1.807) is 6.07 Å². The third kappa shape index (κ3) is 1.86. The Balaban J connectivity index is 2.42. The number of hydrogen-bond acceptors (Lipinski definition) is 3. The van der Waals surface area contributed by atoms with E-state index in [4.69, 9.17) is 21.4 Å². The summed E-state index contributed by atoms with van der Waals surface area (Å²) in [5, 5.41) is 18.5. The van der Waals surface area contributed by atoms with Crippen LogP contribution < -0.4 is 4.74 Å². The van der Waals surface area contributed by atoms with Crippen molar-refractivity contribution in [2.45, 2.75) is 25.6 Å². The average Bonchev–Trinajstić information content (AvgIpc) is 2.57. The van der Waals surface area contributed by atoms with E-state index in [2.05, 4.69) is 0 Å². The second kappa shape index (κ2) is 3.96. The van der Waals surface area contributed by atoms with Gasteiger partial charge in [0.25, 0.3) is 0 Å². The van der Waals surface area contributed by atoms with Crippen molar-refractivity contribution < 1.29 is 19.7 Å². The number of rotatable bonds is 2. The molecule has 2 rings (SSSR count). The van der Waals surface area contributed by atoms with Crippen LogP contribution in [0.3, 0.4) is 0 Å². The zero-order valence-corrected chi connectivity index (χ0v) is 9.36. The van der Waals surface area contributed by atoms with Gasteiger partial charge in [-0.05, 0) is 30.2 Å². The van der Waals surface area contributed by atoms with Crippen LogP contribution in [-0.2, 0) is 11.2 Å². The number of aliphatic carboxylic acids is 1. The molecule has 0 spiro atoms. The number of hydrogen-bond donors (Lipinski definition) is 2. The van der Waals surface area contributed by atoms with Crippen LogP contribution in [0.1, 0.15) is 24.2 Å². The minimum absolute atomic E-state index is 0.0321. The second-order valence-corrected chi connectivity index (χ2v) is 4.27. The average molecular weight is 243 g/mol. The van der Waals surface area contributed by atoms with Gasteiger partial charge >= 0.3 is 5.97 Å². The highest BCUT2D eigenvalue weighted by Crippen LogP contribution is 2.38. The van der Waals surface area contributed by atoms with Crippen molar-refractivity contribution in [1.82, 2.24) is 0 Å². The maximum Gasteiger partial charge on any atom is 0.337 e. The lowest BCUT2D eigenvalue weighted by molar-refractivity contribution is -0.146. The van der Waals surface area contributed by atoms with Crippen LogP contribution in [-0.4, -0.2) is 22.3 Å². The van der Waals surface area contributed by atoms with Crippen molar-refractivity contribution in [3.05, 3.63) is 28.3 Å². The fraction of sp³-hybridized carbons (Fsp3) is 0.364. The van der Waals surface area contributed by atoms with Crippen LogP contribution in [0.25, 0.3) is 0 Å². The quantitative estimate of drug-likeness (QED) is 0.830. The molecule has 1 heterocycles. The van der Waals surface area contributed by atoms with Gasteiger partial charge < -0.3 is 14.9 Å². The second-order valence-electron chi connectivity index (χ2n) is 3.86. The summed E-state index contributed by atoms with van der Waals surface area (Å²) < 4.78 is 5.47. The summed E-state index contributed by atoms with van der Waals surface area (Å²) in [4.78, 5) is 10.7. The number of carbonyl (C=O) groups is 1. The molecule has 1 aliphatic rings. The Hall–Kier alpha value is -1.26. The smallest absolute Gasteiger partial charge is 0.337 e. The summed E-state index contributed by atoms with van der Waals surface area (Å²) in [6.45, 7) is 1.91. The normalized spacial score (nSPS) is 20.1. The van der Waals surface area contributed by atoms with Crippen molar-refractivity contribution in [2.75, 3.05) is 0 Å². The lowest BCUT2D eigenvalue weighted by Crippen LogP contribution is -2.10. The minimum Gasteiger partial charge on any atom is -0.489 e. The van der Waals surface area contributed by atoms with E-state index in [-0.39, 0.29) is 11.7 Å². The number of halogens is 1. The van der Waals surface area contributed by atoms with Gasteiger partial charge in [0.15, 0.2) is 6.10 Å². The first-order valence-electron chi connectivity index (χ1n) is 4.89. The molecule has 2 unspecified atom stereocenters. The number of fused-ring (bicyclic) bond motifs is 1. The molecule has 0 aromatic heterocycles. The number of ether oxygens (including phenoxy) is 1. The minimum atomic E-state index is -1.54. The lowest BCUT2D eigenvalue weighted by Gasteiger charge is -2.09. The molecule has 0 fully saturated rings. The summed E-state index contributed by atoms with van der Waals surface area (Å²) in [6, 6.07) is 3.06. The van der Waals surface area contributed by atoms with Crippen LogP contribution in [0, 0.1) is 0 Å². The van der Waals surface area contributed by atoms with Crippen LogP contribution >= 0.6 is 11.6 Å². The molecule has 0 saturated carbocycles. The van der Waals surface area contributed by atoms with Crippen LogP contribution in [0.4, 0.5) is 0 Å². The molecule has 2 N–H and O–H groups in total. The maximum absolute atomic E-state index is 10.7. The predicted molar refractivity (Wildman–Crippen MR) is 57.8 cm³/mol. The molecule has 1 aromatic carbocycles. The molecule has 0 bridgehead atoms. The Morgan fingerprint density at radius 2 is 2.31 bits per heavy atom. The van der Waals surface area contributed by atoms with Gasteiger partial charge in [-0.2, -0.15) is 0 Å². The van der Waals surface area contributed by atoms with Gasteiger partial charge in [0.1, 0.15) is 11.9 Å². The molecule has 5 heteroatoms. The maximum atomic E-state index is 10.7. The third-order valence-electron chi connectivity index (χ3n) is 2.52. The van der Waals surface area contributed by atoms with Gasteiger partial charge in [-0.25, -0.2) is 4.79 Å². The summed E-state index contributed by atoms with van der Waals surface area (Å²) in [6.07, 6.45) is -0.835. The van der Waals surface area contributed by atoms with E-state index in [1.165, 1.54) is 6.07 Å². The number of aliphatic hydroxyl groups excluding tert-OH is 1. The first-order chi connectivity index (χ1) is 7.49. The van der Waals surface area contributed by atoms with Crippen LogP contribution in [0.2, 0.25) is 5.02 Å². The zero-order valence-electron chi connectivity index (χ0n) is 8.61. The molecule has 16 heavy (non-hydrogen) atoms. The van der Waals surface area contributed by atoms with Crippen LogP contribution in [0.15, 0.2) is 12.1 Å². The Morgan fingerprint density at radius 1 is 1.62 bits per heavy atom. The number of carboxylic acids is 1. The molecular weight excluding hydrogens is 232 g/mol. The highest BCUT2D eigenvalue weighted by Gasteiger charge is 2.25. The molecule has 1 aliphatic heterocycles. The molecular formula is C11H11ClO4. The van der Waals surface area contributed by atoms with Gasteiger partial charge in [0.05, 0.1) is 5.02 Å². The molecule has 4 nitrogen and oxygen atoms in total. The predicted octanol–water partition coefficient (Wildman–Crippen LogP) is 1.78. The largest absolute Gasteiger partial charge is 0.489 e. The van der Waals surface area contributed by atoms with E-state index >= 15 is 0 Å². The van der Waals surface area contributed by atoms with E-state index in [0.717, 1.165) is 5.56 Å². The van der Waals surface area contributed by atoms with E-state index in [1.807, 2.05) is 6.92 Å². The zero-order chi connectivity index (χ0) is 11.9. The molecule has 0 radical (unpaired) electrons. The summed E-state index contributed by atoms with van der Waals surface area (Å²) in [7, 11) is 0. The van der Waals surface area contributed by atoms with E-state index < -0.39 is 12.1 Å². The standard InChI is InChI=1S/C11H11ClO4/c1-5-2-7-3-6(9(13)11(14)15)4-8(12)10(7)16-5/h3-5,9,13H,2H2,1H3,(H,14,15). The van der Waals surface area contributed by atoms with Gasteiger partial charge in [-0.15, -0.1) is 0 Å². The van der Waals surface area contributed by atoms with Crippen LogP contribution in [0.5, 0.6) is 5.75 Å². The van der Waals surface area contributed by atoms with Crippen molar-refractivity contribution in [3.8, 4) is 5.75 Å². The third-order valence-corrected chi connectivity index (χ3v) is 2.80. The number of aliphatic hydroxyl groups is 1. The fourth-order valence-corrected chi connectivity index (χ4v) is 2.10. The van der Waals surface area contributed by atoms with Crippen molar-refractivity contribution in [2.24, 2.45) is 0 Å². The fourth-order valence-electron chi connectivity index (χ4n) is 1.81. The summed E-state index contributed by atoms with van der Waals surface area (Å²) in [5.74, 6) is -0.696. The van der Waals surface area contributed by atoms with Gasteiger partial charge in [-0.3, -0.25) is 0 Å². The van der Waals surface area contributed by atoms with Gasteiger partial charge in [-0.1, -0.05) is 11.6 Å². The van der Waals surface area contributed by atoms with E-state index in [0.29, 0.717) is 17.2 Å². The van der Waals surface area contributed by atoms with Crippen molar-refractivity contribution >= 4 is 17.6 Å². The van der Waals surface area contributed by atoms with Crippen molar-refractivity contribution in [1.29, 1.82) is 0 Å². The lowest BCUT2D eigenvalue weighted by atomic mass is 10.0. The molecule has 86 valence electrons. The van der Waals surface area contributed by atoms with Gasteiger partial charge in [0, 0.05) is 6.42 Å². The van der Waals surface area contributed by atoms with Crippen molar-refractivity contribution in [3.63, 3.8) is 0 Å². The number of benzene rings is 1. The Morgan fingerprint density at radius 3 is 2.94 bits per heavy atom. The summed E-state index contributed by atoms with van der Waals surface area (Å²) >= 11 is 5.96. The summed E-state index contributed by atoms with van der Waals surface area (Å²) in [5.41, 5.74) is 1.13. The highest BCUT2D eigenvalue weighted by atomic mass is 35.5. The SMILES string of the molecule is CC1Cc2cc(C(O)C(=O)O)cc(Cl)c2O1. The Kier molecular flexibility index (Phi) is 2.78. The Bertz CT molecular complexity index is 444. The first-order valence-corrected chi connectivity index (χ1v) is 5.26. The molecule has 1 aromatic rings. The molecule has 0 amide bonds. The molecule has 0 saturated heterocycles. The van der Waals surface area contributed by atoms with Gasteiger partial charge in [0.2, 0.25) is 0 Å². The Labute approximate surface area is 97.4 Å². The molecule has 2 atom stereocenters. The monoisotopic (exact) mass is 242 g/mol.